The first-order chi connectivity index (χ1) is 8.90. The number of hydrogen-bond acceptors (Lipinski definition) is 2. The van der Waals surface area contributed by atoms with Crippen LogP contribution in [0.25, 0.3) is 0 Å². The second-order valence-electron chi connectivity index (χ2n) is 5.34. The fourth-order valence-corrected chi connectivity index (χ4v) is 3.09. The molecule has 0 unspecified atom stereocenters. The van der Waals surface area contributed by atoms with Gasteiger partial charge in [-0.15, -0.1) is 0 Å². The van der Waals surface area contributed by atoms with Crippen molar-refractivity contribution in [3.05, 3.63) is 0 Å². The zero-order valence-electron chi connectivity index (χ0n) is 10.6. The fraction of sp³-hybridized carbons (Fsp3) is 0.917. The van der Waals surface area contributed by atoms with Gasteiger partial charge in [0.1, 0.15) is 0 Å². The average Bonchev–Trinajstić information content (AvgIpc) is 2.39. The molecule has 1 saturated carbocycles. The van der Waals surface area contributed by atoms with Crippen LogP contribution in [-0.4, -0.2) is 48.3 Å². The lowest BCUT2D eigenvalue weighted by molar-refractivity contribution is -0.189. The normalized spacial score (nSPS) is 23.9. The van der Waals surface area contributed by atoms with E-state index in [0.29, 0.717) is 25.9 Å². The maximum Gasteiger partial charge on any atom is 0.383 e. The number of amides is 1. The van der Waals surface area contributed by atoms with Gasteiger partial charge in [-0.2, -0.15) is 8.78 Å². The highest BCUT2D eigenvalue weighted by Crippen LogP contribution is 2.37. The molecule has 0 atom stereocenters. The van der Waals surface area contributed by atoms with Gasteiger partial charge in [0.05, 0.1) is 5.54 Å². The van der Waals surface area contributed by atoms with E-state index in [1.54, 1.807) is 0 Å². The van der Waals surface area contributed by atoms with Gasteiger partial charge in [-0.25, -0.2) is 8.78 Å². The van der Waals surface area contributed by atoms with E-state index in [0.717, 1.165) is 24.2 Å². The summed E-state index contributed by atoms with van der Waals surface area (Å²) in [6.45, 7) is 0.853. The molecule has 19 heavy (non-hydrogen) atoms. The van der Waals surface area contributed by atoms with E-state index >= 15 is 0 Å². The maximum atomic E-state index is 13.3. The highest BCUT2D eigenvalue weighted by Gasteiger charge is 2.55. The molecule has 0 aromatic rings. The third kappa shape index (κ3) is 2.57. The van der Waals surface area contributed by atoms with Crippen molar-refractivity contribution in [2.75, 3.05) is 19.6 Å². The van der Waals surface area contributed by atoms with Crippen LogP contribution >= 0.6 is 0 Å². The van der Waals surface area contributed by atoms with E-state index in [2.05, 4.69) is 5.32 Å². The SMILES string of the molecule is O=C(N1CCNCC12CCCCC2)C(F)(F)C(F)F. The third-order valence-corrected chi connectivity index (χ3v) is 4.13. The quantitative estimate of drug-likeness (QED) is 0.786. The first kappa shape index (κ1) is 14.6. The molecule has 1 saturated heterocycles. The second kappa shape index (κ2) is 5.26. The van der Waals surface area contributed by atoms with Crippen LogP contribution in [0.15, 0.2) is 0 Å². The minimum Gasteiger partial charge on any atom is -0.329 e. The summed E-state index contributed by atoms with van der Waals surface area (Å²) in [5.74, 6) is -6.30. The monoisotopic (exact) mass is 282 g/mol. The van der Waals surface area contributed by atoms with Crippen LogP contribution in [0.3, 0.4) is 0 Å². The fourth-order valence-electron chi connectivity index (χ4n) is 3.09. The molecule has 0 radical (unpaired) electrons. The summed E-state index contributed by atoms with van der Waals surface area (Å²) in [6, 6.07) is 0. The van der Waals surface area contributed by atoms with Crippen molar-refractivity contribution in [3.8, 4) is 0 Å². The molecule has 1 amide bonds. The van der Waals surface area contributed by atoms with Gasteiger partial charge in [-0.1, -0.05) is 19.3 Å². The van der Waals surface area contributed by atoms with E-state index in [-0.39, 0.29) is 6.54 Å². The van der Waals surface area contributed by atoms with Crippen LogP contribution in [0.4, 0.5) is 17.6 Å². The summed E-state index contributed by atoms with van der Waals surface area (Å²) in [4.78, 5) is 12.8. The zero-order chi connectivity index (χ0) is 14.1. The number of rotatable bonds is 2. The Morgan fingerprint density at radius 3 is 2.42 bits per heavy atom. The molecule has 0 aromatic carbocycles. The third-order valence-electron chi connectivity index (χ3n) is 4.13. The van der Waals surface area contributed by atoms with E-state index in [4.69, 9.17) is 0 Å². The van der Waals surface area contributed by atoms with Crippen molar-refractivity contribution >= 4 is 5.91 Å². The van der Waals surface area contributed by atoms with Crippen LogP contribution in [0.2, 0.25) is 0 Å². The largest absolute Gasteiger partial charge is 0.383 e. The lowest BCUT2D eigenvalue weighted by atomic mass is 9.78. The predicted molar refractivity (Wildman–Crippen MR) is 61.3 cm³/mol. The Kier molecular flexibility index (Phi) is 4.03. The molecule has 1 aliphatic carbocycles. The van der Waals surface area contributed by atoms with E-state index < -0.39 is 23.8 Å². The molecule has 110 valence electrons. The van der Waals surface area contributed by atoms with Crippen molar-refractivity contribution in [3.63, 3.8) is 0 Å². The Bertz CT molecular complexity index is 334. The number of alkyl halides is 4. The highest BCUT2D eigenvalue weighted by molar-refractivity contribution is 5.85. The molecule has 2 rings (SSSR count). The minimum absolute atomic E-state index is 0.0706. The number of halogens is 4. The molecule has 0 bridgehead atoms. The molecule has 2 aliphatic rings. The average molecular weight is 282 g/mol. The minimum atomic E-state index is -4.58. The molecule has 2 fully saturated rings. The summed E-state index contributed by atoms with van der Waals surface area (Å²) >= 11 is 0. The summed E-state index contributed by atoms with van der Waals surface area (Å²) < 4.78 is 51.3. The topological polar surface area (TPSA) is 32.3 Å². The van der Waals surface area contributed by atoms with Gasteiger partial charge in [-0.3, -0.25) is 4.79 Å². The Hall–Kier alpha value is -0.850. The first-order valence-electron chi connectivity index (χ1n) is 6.59. The van der Waals surface area contributed by atoms with Crippen LogP contribution in [-0.2, 0) is 4.79 Å². The molecular weight excluding hydrogens is 264 g/mol. The second-order valence-corrected chi connectivity index (χ2v) is 5.34. The lowest BCUT2D eigenvalue weighted by Gasteiger charge is -2.50. The number of nitrogens with zero attached hydrogens (tertiary/aromatic N) is 1. The van der Waals surface area contributed by atoms with Crippen LogP contribution in [0.1, 0.15) is 32.1 Å². The molecule has 7 heteroatoms. The van der Waals surface area contributed by atoms with Crippen LogP contribution in [0, 0.1) is 0 Å². The van der Waals surface area contributed by atoms with Gasteiger partial charge < -0.3 is 10.2 Å². The van der Waals surface area contributed by atoms with Gasteiger partial charge in [0, 0.05) is 19.6 Å². The zero-order valence-corrected chi connectivity index (χ0v) is 10.6. The number of carbonyl (C=O) groups excluding carboxylic acids is 1. The van der Waals surface area contributed by atoms with Gasteiger partial charge in [0.2, 0.25) is 0 Å². The van der Waals surface area contributed by atoms with Gasteiger partial charge >= 0.3 is 12.3 Å². The summed E-state index contributed by atoms with van der Waals surface area (Å²) in [6.07, 6.45) is -0.0711. The highest BCUT2D eigenvalue weighted by atomic mass is 19.3. The Balaban J connectivity index is 2.22. The van der Waals surface area contributed by atoms with E-state index in [9.17, 15) is 22.4 Å². The Morgan fingerprint density at radius 1 is 1.21 bits per heavy atom. The number of carbonyl (C=O) groups is 1. The molecular formula is C12H18F4N2O. The smallest absolute Gasteiger partial charge is 0.329 e. The molecule has 0 aromatic heterocycles. The van der Waals surface area contributed by atoms with Crippen LogP contribution < -0.4 is 5.32 Å². The van der Waals surface area contributed by atoms with Crippen molar-refractivity contribution in [1.29, 1.82) is 0 Å². The van der Waals surface area contributed by atoms with Gasteiger partial charge in [0.15, 0.2) is 0 Å². The maximum absolute atomic E-state index is 13.3. The Morgan fingerprint density at radius 2 is 1.84 bits per heavy atom. The summed E-state index contributed by atoms with van der Waals surface area (Å²) in [7, 11) is 0. The van der Waals surface area contributed by atoms with Crippen molar-refractivity contribution in [2.45, 2.75) is 50.0 Å². The van der Waals surface area contributed by atoms with Gasteiger partial charge in [-0.05, 0) is 12.8 Å². The number of piperazine rings is 1. The summed E-state index contributed by atoms with van der Waals surface area (Å²) in [5, 5.41) is 3.08. The van der Waals surface area contributed by atoms with Crippen LogP contribution in [0.5, 0.6) is 0 Å². The molecule has 1 aliphatic heterocycles. The van der Waals surface area contributed by atoms with Gasteiger partial charge in [0.25, 0.3) is 5.91 Å². The van der Waals surface area contributed by atoms with Crippen molar-refractivity contribution in [1.82, 2.24) is 10.2 Å². The van der Waals surface area contributed by atoms with E-state index in [1.807, 2.05) is 0 Å². The number of nitrogens with one attached hydrogen (secondary N) is 1. The van der Waals surface area contributed by atoms with Crippen molar-refractivity contribution in [2.24, 2.45) is 0 Å². The Labute approximate surface area is 109 Å². The summed E-state index contributed by atoms with van der Waals surface area (Å²) in [5.41, 5.74) is -0.702. The predicted octanol–water partition coefficient (Wildman–Crippen LogP) is 2.02. The number of hydrogen-bond donors (Lipinski definition) is 1. The lowest BCUT2D eigenvalue weighted by Crippen LogP contribution is -2.66. The van der Waals surface area contributed by atoms with Crippen molar-refractivity contribution < 1.29 is 22.4 Å². The van der Waals surface area contributed by atoms with E-state index in [1.165, 1.54) is 0 Å². The molecule has 1 N–H and O–H groups in total. The molecule has 1 spiro atoms. The molecule has 1 heterocycles. The molecule has 3 nitrogen and oxygen atoms in total. The first-order valence-corrected chi connectivity index (χ1v) is 6.59. The standard InChI is InChI=1S/C12H18F4N2O/c13-9(14)12(15,16)10(19)18-7-6-17-8-11(18)4-2-1-3-5-11/h9,17H,1-8H2.